The van der Waals surface area contributed by atoms with Gasteiger partial charge in [-0.25, -0.2) is 0 Å². The summed E-state index contributed by atoms with van der Waals surface area (Å²) < 4.78 is 10.8. The minimum Gasteiger partial charge on any atom is -0.497 e. The van der Waals surface area contributed by atoms with Gasteiger partial charge in [0.1, 0.15) is 11.9 Å². The van der Waals surface area contributed by atoms with Crippen LogP contribution in [0.2, 0.25) is 0 Å². The first-order valence-corrected chi connectivity index (χ1v) is 6.36. The van der Waals surface area contributed by atoms with Crippen molar-refractivity contribution in [3.63, 3.8) is 0 Å². The van der Waals surface area contributed by atoms with Crippen molar-refractivity contribution in [2.45, 2.75) is 19.4 Å². The van der Waals surface area contributed by atoms with Gasteiger partial charge >= 0.3 is 0 Å². The Labute approximate surface area is 119 Å². The van der Waals surface area contributed by atoms with E-state index in [-0.39, 0.29) is 6.42 Å². The third-order valence-corrected chi connectivity index (χ3v) is 3.06. The lowest BCUT2D eigenvalue weighted by Gasteiger charge is -2.28. The van der Waals surface area contributed by atoms with E-state index in [0.29, 0.717) is 12.4 Å². The molecule has 1 aromatic rings. The van der Waals surface area contributed by atoms with Crippen molar-refractivity contribution >= 4 is 0 Å². The molecule has 20 heavy (non-hydrogen) atoms. The SMILES string of the molecule is C=CCC(C#N)(C#N)C(OCC)c1ccc(OC)cc1. The van der Waals surface area contributed by atoms with E-state index in [1.54, 1.807) is 25.3 Å². The molecule has 0 aromatic heterocycles. The zero-order chi connectivity index (χ0) is 15.0. The fraction of sp³-hybridized carbons (Fsp3) is 0.375. The van der Waals surface area contributed by atoms with Crippen LogP contribution in [0.4, 0.5) is 0 Å². The van der Waals surface area contributed by atoms with Crippen molar-refractivity contribution in [2.24, 2.45) is 5.41 Å². The van der Waals surface area contributed by atoms with E-state index in [1.807, 2.05) is 19.1 Å². The summed E-state index contributed by atoms with van der Waals surface area (Å²) >= 11 is 0. The van der Waals surface area contributed by atoms with Crippen molar-refractivity contribution in [1.29, 1.82) is 10.5 Å². The van der Waals surface area contributed by atoms with E-state index in [1.165, 1.54) is 0 Å². The summed E-state index contributed by atoms with van der Waals surface area (Å²) in [4.78, 5) is 0. The molecule has 0 aliphatic carbocycles. The quantitative estimate of drug-likeness (QED) is 0.712. The molecule has 104 valence electrons. The molecule has 1 rings (SSSR count). The first-order chi connectivity index (χ1) is 9.67. The lowest BCUT2D eigenvalue weighted by atomic mass is 9.78. The van der Waals surface area contributed by atoms with Gasteiger partial charge in [0.2, 0.25) is 0 Å². The van der Waals surface area contributed by atoms with E-state index < -0.39 is 11.5 Å². The summed E-state index contributed by atoms with van der Waals surface area (Å²) in [6.45, 7) is 5.88. The Bertz CT molecular complexity index is 509. The maximum Gasteiger partial charge on any atom is 0.177 e. The smallest absolute Gasteiger partial charge is 0.177 e. The highest BCUT2D eigenvalue weighted by Gasteiger charge is 2.40. The fourth-order valence-corrected chi connectivity index (χ4v) is 2.04. The molecule has 0 aliphatic heterocycles. The number of methoxy groups -OCH3 is 1. The minimum absolute atomic E-state index is 0.247. The van der Waals surface area contributed by atoms with E-state index >= 15 is 0 Å². The highest BCUT2D eigenvalue weighted by Crippen LogP contribution is 2.40. The summed E-state index contributed by atoms with van der Waals surface area (Å²) in [5.74, 6) is 0.715. The average molecular weight is 270 g/mol. The normalized spacial score (nSPS) is 12.0. The average Bonchev–Trinajstić information content (AvgIpc) is 2.51. The Morgan fingerprint density at radius 1 is 1.30 bits per heavy atom. The molecule has 0 N–H and O–H groups in total. The molecular formula is C16H18N2O2. The molecule has 0 radical (unpaired) electrons. The molecule has 4 nitrogen and oxygen atoms in total. The van der Waals surface area contributed by atoms with Crippen molar-refractivity contribution < 1.29 is 9.47 Å². The third kappa shape index (κ3) is 3.17. The molecule has 0 heterocycles. The zero-order valence-corrected chi connectivity index (χ0v) is 11.8. The Morgan fingerprint density at radius 2 is 1.90 bits per heavy atom. The Balaban J connectivity index is 3.24. The van der Waals surface area contributed by atoms with Crippen LogP contribution in [0.5, 0.6) is 5.75 Å². The van der Waals surface area contributed by atoms with Gasteiger partial charge in [0.15, 0.2) is 5.41 Å². The lowest BCUT2D eigenvalue weighted by Crippen LogP contribution is -2.27. The predicted octanol–water partition coefficient (Wildman–Crippen LogP) is 3.38. The Kier molecular flexibility index (Phi) is 5.77. The Morgan fingerprint density at radius 3 is 2.30 bits per heavy atom. The Hall–Kier alpha value is -2.30. The minimum atomic E-state index is -1.27. The van der Waals surface area contributed by atoms with Gasteiger partial charge in [-0.1, -0.05) is 18.2 Å². The van der Waals surface area contributed by atoms with Gasteiger partial charge < -0.3 is 9.47 Å². The standard InChI is InChI=1S/C16H18N2O2/c1-4-10-16(11-17,12-18)15(20-5-2)13-6-8-14(19-3)9-7-13/h4,6-9,15H,1,5,10H2,2-3H3. The van der Waals surface area contributed by atoms with Crippen LogP contribution in [0.25, 0.3) is 0 Å². The van der Waals surface area contributed by atoms with E-state index in [2.05, 4.69) is 18.7 Å². The first kappa shape index (κ1) is 15.8. The maximum atomic E-state index is 9.44. The molecule has 1 atom stereocenters. The van der Waals surface area contributed by atoms with Crippen LogP contribution in [0.1, 0.15) is 25.0 Å². The van der Waals surface area contributed by atoms with Gasteiger partial charge in [0.25, 0.3) is 0 Å². The maximum absolute atomic E-state index is 9.44. The zero-order valence-electron chi connectivity index (χ0n) is 11.8. The summed E-state index contributed by atoms with van der Waals surface area (Å²) in [5, 5.41) is 18.9. The molecule has 0 spiro atoms. The molecule has 0 saturated carbocycles. The first-order valence-electron chi connectivity index (χ1n) is 6.36. The van der Waals surface area contributed by atoms with Gasteiger partial charge in [-0.3, -0.25) is 0 Å². The topological polar surface area (TPSA) is 66.0 Å². The summed E-state index contributed by atoms with van der Waals surface area (Å²) in [6, 6.07) is 11.4. The van der Waals surface area contributed by atoms with Crippen LogP contribution in [0, 0.1) is 28.1 Å². The highest BCUT2D eigenvalue weighted by atomic mass is 16.5. The number of hydrogen-bond donors (Lipinski definition) is 0. The van der Waals surface area contributed by atoms with Gasteiger partial charge in [-0.15, -0.1) is 6.58 Å². The van der Waals surface area contributed by atoms with Crippen LogP contribution in [-0.2, 0) is 4.74 Å². The van der Waals surface area contributed by atoms with Crippen LogP contribution >= 0.6 is 0 Å². The number of nitrogens with zero attached hydrogens (tertiary/aromatic N) is 2. The molecule has 1 aromatic carbocycles. The van der Waals surface area contributed by atoms with E-state index in [0.717, 1.165) is 5.56 Å². The fourth-order valence-electron chi connectivity index (χ4n) is 2.04. The van der Waals surface area contributed by atoms with E-state index in [4.69, 9.17) is 9.47 Å². The highest BCUT2D eigenvalue weighted by molar-refractivity contribution is 5.33. The van der Waals surface area contributed by atoms with E-state index in [9.17, 15) is 10.5 Å². The molecule has 4 heteroatoms. The second-order valence-corrected chi connectivity index (χ2v) is 4.30. The van der Waals surface area contributed by atoms with Gasteiger partial charge in [-0.2, -0.15) is 10.5 Å². The molecule has 1 unspecified atom stereocenters. The second kappa shape index (κ2) is 7.33. The van der Waals surface area contributed by atoms with Crippen LogP contribution < -0.4 is 4.74 Å². The van der Waals surface area contributed by atoms with Gasteiger partial charge in [-0.05, 0) is 31.0 Å². The predicted molar refractivity (Wildman–Crippen MR) is 75.8 cm³/mol. The summed E-state index contributed by atoms with van der Waals surface area (Å²) in [7, 11) is 1.58. The van der Waals surface area contributed by atoms with Crippen molar-refractivity contribution in [2.75, 3.05) is 13.7 Å². The number of hydrogen-bond acceptors (Lipinski definition) is 4. The second-order valence-electron chi connectivity index (χ2n) is 4.30. The number of ether oxygens (including phenoxy) is 2. The van der Waals surface area contributed by atoms with Crippen LogP contribution in [-0.4, -0.2) is 13.7 Å². The van der Waals surface area contributed by atoms with Gasteiger partial charge in [0.05, 0.1) is 19.2 Å². The molecular weight excluding hydrogens is 252 g/mol. The van der Waals surface area contributed by atoms with Crippen LogP contribution in [0.3, 0.4) is 0 Å². The van der Waals surface area contributed by atoms with Crippen LogP contribution in [0.15, 0.2) is 36.9 Å². The van der Waals surface area contributed by atoms with Crippen molar-refractivity contribution in [3.05, 3.63) is 42.5 Å². The summed E-state index contributed by atoms with van der Waals surface area (Å²) in [5.41, 5.74) is -0.496. The number of allylic oxidation sites excluding steroid dienone is 1. The van der Waals surface area contributed by atoms with Crippen molar-refractivity contribution in [3.8, 4) is 17.9 Å². The molecule has 0 amide bonds. The number of benzene rings is 1. The monoisotopic (exact) mass is 270 g/mol. The number of rotatable bonds is 7. The number of nitriles is 2. The molecule has 0 saturated heterocycles. The third-order valence-electron chi connectivity index (χ3n) is 3.06. The largest absolute Gasteiger partial charge is 0.497 e. The molecule has 0 aliphatic rings. The summed E-state index contributed by atoms with van der Waals surface area (Å²) in [6.07, 6.45) is 1.20. The van der Waals surface area contributed by atoms with Crippen molar-refractivity contribution in [1.82, 2.24) is 0 Å². The lowest BCUT2D eigenvalue weighted by molar-refractivity contribution is 0.0111. The molecule has 0 bridgehead atoms. The van der Waals surface area contributed by atoms with Gasteiger partial charge in [0, 0.05) is 6.61 Å². The molecule has 0 fully saturated rings.